The molecular formula is C12H13ClO2. The quantitative estimate of drug-likeness (QED) is 0.766. The van der Waals surface area contributed by atoms with Crippen LogP contribution in [-0.4, -0.2) is 5.79 Å². The fourth-order valence-electron chi connectivity index (χ4n) is 1.48. The summed E-state index contributed by atoms with van der Waals surface area (Å²) in [5.74, 6) is 0.268. The summed E-state index contributed by atoms with van der Waals surface area (Å²) in [4.78, 5) is 0. The Morgan fingerprint density at radius 3 is 2.60 bits per heavy atom. The number of halogens is 1. The van der Waals surface area contributed by atoms with Gasteiger partial charge in [0.2, 0.25) is 5.79 Å². The third kappa shape index (κ3) is 2.45. The lowest BCUT2D eigenvalue weighted by molar-refractivity contribution is -0.117. The Bertz CT molecular complexity index is 396. The molecule has 0 spiro atoms. The minimum absolute atomic E-state index is 0.545. The molecule has 2 rings (SSSR count). The van der Waals surface area contributed by atoms with Crippen molar-refractivity contribution in [2.45, 2.75) is 26.1 Å². The predicted octanol–water partition coefficient (Wildman–Crippen LogP) is 3.51. The van der Waals surface area contributed by atoms with E-state index in [-0.39, 0.29) is 0 Å². The molecule has 0 atom stereocenters. The lowest BCUT2D eigenvalue weighted by atomic mass is 10.1. The summed E-state index contributed by atoms with van der Waals surface area (Å²) in [5.41, 5.74) is 1.05. The van der Waals surface area contributed by atoms with E-state index < -0.39 is 5.79 Å². The summed E-state index contributed by atoms with van der Waals surface area (Å²) in [7, 11) is 0. The number of hydrogen-bond donors (Lipinski definition) is 0. The SMILES string of the molecule is CC1(C)OC=C(Cc2ccccc2Cl)O1. The minimum atomic E-state index is -0.545. The van der Waals surface area contributed by atoms with Crippen molar-refractivity contribution in [2.24, 2.45) is 0 Å². The van der Waals surface area contributed by atoms with Crippen molar-refractivity contribution in [2.75, 3.05) is 0 Å². The van der Waals surface area contributed by atoms with Crippen molar-refractivity contribution >= 4 is 11.6 Å². The van der Waals surface area contributed by atoms with Crippen molar-refractivity contribution in [1.82, 2.24) is 0 Å². The molecule has 0 saturated carbocycles. The summed E-state index contributed by atoms with van der Waals surface area (Å²) < 4.78 is 10.9. The molecule has 1 aliphatic heterocycles. The van der Waals surface area contributed by atoms with Gasteiger partial charge in [0, 0.05) is 25.3 Å². The molecule has 0 unspecified atom stereocenters. The van der Waals surface area contributed by atoms with Crippen molar-refractivity contribution in [1.29, 1.82) is 0 Å². The van der Waals surface area contributed by atoms with Gasteiger partial charge in [0.1, 0.15) is 12.0 Å². The zero-order valence-corrected chi connectivity index (χ0v) is 9.54. The molecule has 1 heterocycles. The van der Waals surface area contributed by atoms with Crippen molar-refractivity contribution in [3.05, 3.63) is 46.9 Å². The lowest BCUT2D eigenvalue weighted by Crippen LogP contribution is -2.20. The number of rotatable bonds is 2. The summed E-state index contributed by atoms with van der Waals surface area (Å²) in [6.45, 7) is 3.76. The summed E-state index contributed by atoms with van der Waals surface area (Å²) >= 11 is 6.05. The molecule has 0 amide bonds. The Hall–Kier alpha value is -1.15. The topological polar surface area (TPSA) is 18.5 Å². The van der Waals surface area contributed by atoms with Crippen LogP contribution in [0.4, 0.5) is 0 Å². The monoisotopic (exact) mass is 224 g/mol. The first-order valence-corrected chi connectivity index (χ1v) is 5.24. The molecule has 0 saturated heterocycles. The largest absolute Gasteiger partial charge is 0.457 e. The van der Waals surface area contributed by atoms with Gasteiger partial charge >= 0.3 is 0 Å². The minimum Gasteiger partial charge on any atom is -0.457 e. The number of hydrogen-bond acceptors (Lipinski definition) is 2. The average molecular weight is 225 g/mol. The fraction of sp³-hybridized carbons (Fsp3) is 0.333. The van der Waals surface area contributed by atoms with Gasteiger partial charge in [0.25, 0.3) is 0 Å². The van der Waals surface area contributed by atoms with E-state index in [1.54, 1.807) is 6.26 Å². The van der Waals surface area contributed by atoms with Gasteiger partial charge in [-0.05, 0) is 11.6 Å². The molecule has 1 aromatic rings. The van der Waals surface area contributed by atoms with Gasteiger partial charge in [-0.15, -0.1) is 0 Å². The van der Waals surface area contributed by atoms with Crippen LogP contribution in [-0.2, 0) is 15.9 Å². The van der Waals surface area contributed by atoms with Crippen molar-refractivity contribution in [3.8, 4) is 0 Å². The summed E-state index contributed by atoms with van der Waals surface area (Å²) in [5, 5.41) is 0.756. The third-order valence-corrected chi connectivity index (χ3v) is 2.54. The van der Waals surface area contributed by atoms with Crippen LogP contribution < -0.4 is 0 Å². The maximum atomic E-state index is 6.05. The van der Waals surface area contributed by atoms with E-state index in [2.05, 4.69) is 0 Å². The van der Waals surface area contributed by atoms with Crippen molar-refractivity contribution < 1.29 is 9.47 Å². The van der Waals surface area contributed by atoms with E-state index in [4.69, 9.17) is 21.1 Å². The zero-order valence-electron chi connectivity index (χ0n) is 8.79. The Kier molecular flexibility index (Phi) is 2.61. The first-order valence-electron chi connectivity index (χ1n) is 4.86. The second kappa shape index (κ2) is 3.78. The van der Waals surface area contributed by atoms with Gasteiger partial charge in [-0.1, -0.05) is 29.8 Å². The van der Waals surface area contributed by atoms with Crippen LogP contribution in [0.1, 0.15) is 19.4 Å². The molecule has 0 bridgehead atoms. The van der Waals surface area contributed by atoms with E-state index in [0.717, 1.165) is 16.3 Å². The van der Waals surface area contributed by atoms with Crippen LogP contribution in [0.25, 0.3) is 0 Å². The molecule has 0 radical (unpaired) electrons. The molecule has 1 aromatic carbocycles. The number of benzene rings is 1. The standard InChI is InChI=1S/C12H13ClO2/c1-12(2)14-8-10(15-12)7-9-5-3-4-6-11(9)13/h3-6,8H,7H2,1-2H3. The van der Waals surface area contributed by atoms with E-state index in [1.165, 1.54) is 0 Å². The fourth-order valence-corrected chi connectivity index (χ4v) is 1.68. The molecule has 0 aliphatic carbocycles. The highest BCUT2D eigenvalue weighted by Crippen LogP contribution is 2.28. The van der Waals surface area contributed by atoms with E-state index in [9.17, 15) is 0 Å². The molecule has 15 heavy (non-hydrogen) atoms. The molecule has 1 aliphatic rings. The van der Waals surface area contributed by atoms with Gasteiger partial charge < -0.3 is 9.47 Å². The molecule has 0 aromatic heterocycles. The normalized spacial score (nSPS) is 17.9. The maximum Gasteiger partial charge on any atom is 0.244 e. The van der Waals surface area contributed by atoms with E-state index in [0.29, 0.717) is 6.42 Å². The molecule has 80 valence electrons. The Morgan fingerprint density at radius 1 is 1.27 bits per heavy atom. The van der Waals surface area contributed by atoms with Crippen LogP contribution in [0.15, 0.2) is 36.3 Å². The number of ether oxygens (including phenoxy) is 2. The maximum absolute atomic E-state index is 6.05. The molecule has 3 heteroatoms. The Labute approximate surface area is 94.5 Å². The van der Waals surface area contributed by atoms with E-state index in [1.807, 2.05) is 38.1 Å². The van der Waals surface area contributed by atoms with Crippen molar-refractivity contribution in [3.63, 3.8) is 0 Å². The smallest absolute Gasteiger partial charge is 0.244 e. The molecule has 2 nitrogen and oxygen atoms in total. The van der Waals surface area contributed by atoms with Gasteiger partial charge in [0.05, 0.1) is 0 Å². The molecular weight excluding hydrogens is 212 g/mol. The third-order valence-electron chi connectivity index (χ3n) is 2.17. The highest BCUT2D eigenvalue weighted by Gasteiger charge is 2.27. The van der Waals surface area contributed by atoms with Crippen LogP contribution in [0.2, 0.25) is 5.02 Å². The summed E-state index contributed by atoms with van der Waals surface area (Å²) in [6.07, 6.45) is 2.33. The van der Waals surface area contributed by atoms with Gasteiger partial charge in [0.15, 0.2) is 0 Å². The van der Waals surface area contributed by atoms with E-state index >= 15 is 0 Å². The van der Waals surface area contributed by atoms with Gasteiger partial charge in [-0.25, -0.2) is 0 Å². The number of allylic oxidation sites excluding steroid dienone is 1. The Balaban J connectivity index is 2.08. The first kappa shape index (κ1) is 10.4. The second-order valence-corrected chi connectivity index (χ2v) is 4.38. The highest BCUT2D eigenvalue weighted by atomic mass is 35.5. The molecule has 0 fully saturated rings. The van der Waals surface area contributed by atoms with Crippen LogP contribution in [0.5, 0.6) is 0 Å². The van der Waals surface area contributed by atoms with Crippen LogP contribution in [0, 0.1) is 0 Å². The highest BCUT2D eigenvalue weighted by molar-refractivity contribution is 6.31. The second-order valence-electron chi connectivity index (χ2n) is 3.97. The Morgan fingerprint density at radius 2 is 2.00 bits per heavy atom. The average Bonchev–Trinajstić information content (AvgIpc) is 2.50. The predicted molar refractivity (Wildman–Crippen MR) is 59.5 cm³/mol. The van der Waals surface area contributed by atoms with Gasteiger partial charge in [-0.2, -0.15) is 0 Å². The van der Waals surface area contributed by atoms with Crippen LogP contribution in [0.3, 0.4) is 0 Å². The summed E-state index contributed by atoms with van der Waals surface area (Å²) in [6, 6.07) is 7.73. The van der Waals surface area contributed by atoms with Crippen LogP contribution >= 0.6 is 11.6 Å². The molecule has 0 N–H and O–H groups in total. The first-order chi connectivity index (χ1) is 7.07. The lowest BCUT2D eigenvalue weighted by Gasteiger charge is -2.18. The van der Waals surface area contributed by atoms with Gasteiger partial charge in [-0.3, -0.25) is 0 Å². The zero-order chi connectivity index (χ0) is 10.9.